The van der Waals surface area contributed by atoms with Crippen LogP contribution in [0.4, 0.5) is 5.82 Å². The molecular formula is C15H14ClN3O6. The van der Waals surface area contributed by atoms with Gasteiger partial charge in [0.15, 0.2) is 5.34 Å². The van der Waals surface area contributed by atoms with Gasteiger partial charge >= 0.3 is 5.97 Å². The number of phenols is 1. The van der Waals surface area contributed by atoms with Gasteiger partial charge in [-0.25, -0.2) is 9.78 Å². The lowest BCUT2D eigenvalue weighted by Crippen LogP contribution is -2.60. The number of rotatable bonds is 3. The minimum atomic E-state index is -1.15. The van der Waals surface area contributed by atoms with Crippen molar-refractivity contribution in [3.05, 3.63) is 57.6 Å². The van der Waals surface area contributed by atoms with Crippen LogP contribution in [-0.2, 0) is 5.60 Å². The van der Waals surface area contributed by atoms with E-state index in [0.29, 0.717) is 11.4 Å². The second-order valence-corrected chi connectivity index (χ2v) is 5.75. The van der Waals surface area contributed by atoms with E-state index in [4.69, 9.17) is 26.8 Å². The van der Waals surface area contributed by atoms with Crippen molar-refractivity contribution in [3.8, 4) is 5.75 Å². The van der Waals surface area contributed by atoms with E-state index in [0.717, 1.165) is 0 Å². The standard InChI is InChI=1S/C15H13ClN2O4.HNO2/c16-12-6-10(19)1-2-11(12)15(22)7-18(8-15)13-5-9(14(20)21)3-4-17-13;2-1-3/h1-6,19,22H,7-8H2,(H,20,21);(H,2,3). The summed E-state index contributed by atoms with van der Waals surface area (Å²) in [5.41, 5.74) is -0.480. The maximum atomic E-state index is 11.0. The van der Waals surface area contributed by atoms with Gasteiger partial charge in [-0.05, 0) is 24.3 Å². The summed E-state index contributed by atoms with van der Waals surface area (Å²) in [7, 11) is 0. The summed E-state index contributed by atoms with van der Waals surface area (Å²) in [5, 5.41) is 37.1. The minimum absolute atomic E-state index is 0.0318. The summed E-state index contributed by atoms with van der Waals surface area (Å²) in [6, 6.07) is 7.29. The highest BCUT2D eigenvalue weighted by Gasteiger charge is 2.44. The number of aromatic hydroxyl groups is 1. The summed E-state index contributed by atoms with van der Waals surface area (Å²) in [4.78, 5) is 25.0. The van der Waals surface area contributed by atoms with Crippen molar-refractivity contribution in [2.75, 3.05) is 18.0 Å². The number of carbonyl (C=O) groups is 1. The molecule has 1 aliphatic heterocycles. The first-order valence-electron chi connectivity index (χ1n) is 6.93. The first-order valence-corrected chi connectivity index (χ1v) is 7.31. The quantitative estimate of drug-likeness (QED) is 0.476. The van der Waals surface area contributed by atoms with Gasteiger partial charge in [-0.1, -0.05) is 17.7 Å². The van der Waals surface area contributed by atoms with Crippen molar-refractivity contribution >= 4 is 23.4 Å². The van der Waals surface area contributed by atoms with Gasteiger partial charge in [0, 0.05) is 11.8 Å². The third kappa shape index (κ3) is 3.95. The number of carboxylic acid groups (broad SMARTS) is 1. The number of anilines is 1. The molecule has 4 N–H and O–H groups in total. The van der Waals surface area contributed by atoms with Crippen molar-refractivity contribution < 1.29 is 25.3 Å². The van der Waals surface area contributed by atoms with Gasteiger partial charge in [0.2, 0.25) is 0 Å². The average molecular weight is 368 g/mol. The van der Waals surface area contributed by atoms with Crippen molar-refractivity contribution in [2.24, 2.45) is 5.34 Å². The molecule has 1 aliphatic rings. The molecule has 2 aromatic rings. The summed E-state index contributed by atoms with van der Waals surface area (Å²) in [6.45, 7) is 0.487. The summed E-state index contributed by atoms with van der Waals surface area (Å²) in [6.07, 6.45) is 1.42. The zero-order valence-electron chi connectivity index (χ0n) is 12.7. The number of benzene rings is 1. The van der Waals surface area contributed by atoms with Crippen LogP contribution in [0.3, 0.4) is 0 Å². The fourth-order valence-electron chi connectivity index (χ4n) is 2.52. The number of halogens is 1. The highest BCUT2D eigenvalue weighted by Crippen LogP contribution is 2.39. The maximum absolute atomic E-state index is 11.0. The van der Waals surface area contributed by atoms with E-state index in [2.05, 4.69) is 4.98 Å². The van der Waals surface area contributed by atoms with Crippen LogP contribution < -0.4 is 4.90 Å². The topological polar surface area (TPSA) is 144 Å². The summed E-state index contributed by atoms with van der Waals surface area (Å²) in [5.74, 6) is -0.509. The Kier molecular flexibility index (Phi) is 5.40. The molecule has 1 fully saturated rings. The molecule has 2 heterocycles. The lowest BCUT2D eigenvalue weighted by atomic mass is 9.86. The molecule has 0 atom stereocenters. The van der Waals surface area contributed by atoms with E-state index in [9.17, 15) is 15.0 Å². The maximum Gasteiger partial charge on any atom is 0.335 e. The zero-order valence-corrected chi connectivity index (χ0v) is 13.5. The molecule has 0 saturated carbocycles. The normalized spacial score (nSPS) is 14.7. The number of aliphatic hydroxyl groups is 1. The van der Waals surface area contributed by atoms with Gasteiger partial charge < -0.3 is 25.4 Å². The summed E-state index contributed by atoms with van der Waals surface area (Å²) < 4.78 is 0. The number of carboxylic acids is 1. The van der Waals surface area contributed by atoms with Crippen LogP contribution in [0.1, 0.15) is 15.9 Å². The van der Waals surface area contributed by atoms with Crippen molar-refractivity contribution in [1.29, 1.82) is 0 Å². The summed E-state index contributed by atoms with van der Waals surface area (Å²) >= 11 is 6.06. The molecule has 0 bridgehead atoms. The molecule has 10 heteroatoms. The Bertz CT molecular complexity index is 795. The molecule has 9 nitrogen and oxygen atoms in total. The lowest BCUT2D eigenvalue weighted by molar-refractivity contribution is 0.00713. The number of hydrogen-bond donors (Lipinski definition) is 4. The number of β-amino-alcohol motifs (C(OH)–C–C–N with tert-alkyl or cyclic N) is 1. The van der Waals surface area contributed by atoms with Gasteiger partial charge in [-0.2, -0.15) is 0 Å². The first kappa shape index (κ1) is 18.4. The molecule has 0 aliphatic carbocycles. The number of aromatic nitrogens is 1. The Hall–Kier alpha value is -2.91. The first-order chi connectivity index (χ1) is 11.8. The van der Waals surface area contributed by atoms with Crippen LogP contribution in [-0.4, -0.2) is 44.6 Å². The number of nitrogens with zero attached hydrogens (tertiary/aromatic N) is 3. The van der Waals surface area contributed by atoms with Crippen LogP contribution in [0.25, 0.3) is 0 Å². The molecule has 0 spiro atoms. The molecule has 1 saturated heterocycles. The van der Waals surface area contributed by atoms with Crippen LogP contribution in [0.15, 0.2) is 41.9 Å². The van der Waals surface area contributed by atoms with Crippen LogP contribution in [0, 0.1) is 4.91 Å². The molecule has 25 heavy (non-hydrogen) atoms. The fourth-order valence-corrected chi connectivity index (χ4v) is 2.87. The van der Waals surface area contributed by atoms with Gasteiger partial charge in [0.25, 0.3) is 0 Å². The lowest BCUT2D eigenvalue weighted by Gasteiger charge is -2.47. The predicted octanol–water partition coefficient (Wildman–Crippen LogP) is 1.99. The Balaban J connectivity index is 0.000000701. The molecule has 0 radical (unpaired) electrons. The Morgan fingerprint density at radius 2 is 1.92 bits per heavy atom. The zero-order chi connectivity index (χ0) is 18.6. The second-order valence-electron chi connectivity index (χ2n) is 5.34. The second kappa shape index (κ2) is 7.32. The van der Waals surface area contributed by atoms with Crippen LogP contribution >= 0.6 is 11.6 Å². The van der Waals surface area contributed by atoms with Gasteiger partial charge in [0.05, 0.1) is 23.7 Å². The molecule has 1 aromatic carbocycles. The molecule has 3 rings (SSSR count). The number of phenolic OH excluding ortho intramolecular Hbond substituents is 1. The van der Waals surface area contributed by atoms with E-state index in [1.807, 2.05) is 0 Å². The molecule has 132 valence electrons. The SMILES string of the molecule is O=C(O)c1ccnc(N2CC(O)(c3ccc(O)cc3Cl)C2)c1.O=NO. The molecule has 0 unspecified atom stereocenters. The molecule has 0 amide bonds. The van der Waals surface area contributed by atoms with E-state index >= 15 is 0 Å². The third-order valence-electron chi connectivity index (χ3n) is 3.68. The highest BCUT2D eigenvalue weighted by molar-refractivity contribution is 6.31. The van der Waals surface area contributed by atoms with Crippen LogP contribution in [0.5, 0.6) is 5.75 Å². The Labute approximate surface area is 146 Å². The largest absolute Gasteiger partial charge is 0.508 e. The Morgan fingerprint density at radius 3 is 2.48 bits per heavy atom. The fraction of sp³-hybridized carbons (Fsp3) is 0.200. The Morgan fingerprint density at radius 1 is 1.28 bits per heavy atom. The van der Waals surface area contributed by atoms with E-state index < -0.39 is 11.6 Å². The number of hydrogen-bond acceptors (Lipinski definition) is 7. The smallest absolute Gasteiger partial charge is 0.335 e. The van der Waals surface area contributed by atoms with Crippen LogP contribution in [0.2, 0.25) is 5.02 Å². The average Bonchev–Trinajstić information content (AvgIpc) is 2.53. The highest BCUT2D eigenvalue weighted by atomic mass is 35.5. The molecular weight excluding hydrogens is 354 g/mol. The van der Waals surface area contributed by atoms with Crippen molar-refractivity contribution in [3.63, 3.8) is 0 Å². The van der Waals surface area contributed by atoms with Crippen molar-refractivity contribution in [2.45, 2.75) is 5.60 Å². The van der Waals surface area contributed by atoms with E-state index in [1.54, 1.807) is 11.0 Å². The van der Waals surface area contributed by atoms with Gasteiger partial charge in [-0.3, -0.25) is 0 Å². The monoisotopic (exact) mass is 367 g/mol. The van der Waals surface area contributed by atoms with Gasteiger partial charge in [0.1, 0.15) is 17.2 Å². The third-order valence-corrected chi connectivity index (χ3v) is 3.99. The minimum Gasteiger partial charge on any atom is -0.508 e. The van der Waals surface area contributed by atoms with Gasteiger partial charge in [-0.15, -0.1) is 4.91 Å². The molecule has 1 aromatic heterocycles. The van der Waals surface area contributed by atoms with E-state index in [1.165, 1.54) is 35.8 Å². The predicted molar refractivity (Wildman–Crippen MR) is 88.0 cm³/mol. The van der Waals surface area contributed by atoms with E-state index in [-0.39, 0.29) is 29.4 Å². The number of aromatic carboxylic acids is 1. The van der Waals surface area contributed by atoms with Crippen molar-refractivity contribution in [1.82, 2.24) is 4.98 Å². The number of pyridine rings is 1.